The van der Waals surface area contributed by atoms with Gasteiger partial charge in [0, 0.05) is 23.6 Å². The molecule has 0 saturated heterocycles. The van der Waals surface area contributed by atoms with E-state index in [9.17, 15) is 4.79 Å². The Balaban J connectivity index is 2.01. The normalized spacial score (nSPS) is 13.7. The van der Waals surface area contributed by atoms with Crippen LogP contribution in [-0.4, -0.2) is 22.6 Å². The Morgan fingerprint density at radius 3 is 2.89 bits per heavy atom. The summed E-state index contributed by atoms with van der Waals surface area (Å²) < 4.78 is 0. The number of amides is 1. The van der Waals surface area contributed by atoms with Gasteiger partial charge >= 0.3 is 0 Å². The largest absolute Gasteiger partial charge is 0.398 e. The van der Waals surface area contributed by atoms with Crippen molar-refractivity contribution < 1.29 is 4.79 Å². The third kappa shape index (κ3) is 1.78. The molecule has 3 rings (SSSR count). The lowest BCUT2D eigenvalue weighted by Crippen LogP contribution is -2.29. The van der Waals surface area contributed by atoms with Crippen LogP contribution in [0, 0.1) is 13.8 Å². The van der Waals surface area contributed by atoms with Crippen molar-refractivity contribution in [1.29, 1.82) is 0 Å². The number of nitrogens with one attached hydrogen (secondary N) is 1. The maximum Gasteiger partial charge on any atom is 0.261 e. The van der Waals surface area contributed by atoms with Crippen molar-refractivity contribution in [2.24, 2.45) is 0 Å². The van der Waals surface area contributed by atoms with Gasteiger partial charge in [-0.05, 0) is 37.5 Å². The second-order valence-corrected chi connectivity index (χ2v) is 4.95. The van der Waals surface area contributed by atoms with Crippen molar-refractivity contribution in [2.45, 2.75) is 20.3 Å². The predicted molar refractivity (Wildman–Crippen MR) is 74.3 cm³/mol. The summed E-state index contributed by atoms with van der Waals surface area (Å²) in [4.78, 5) is 14.3. The fraction of sp³-hybridized carbons (Fsp3) is 0.286. The van der Waals surface area contributed by atoms with Crippen molar-refractivity contribution in [1.82, 2.24) is 10.2 Å². The lowest BCUT2D eigenvalue weighted by Gasteiger charge is -2.17. The van der Waals surface area contributed by atoms with Crippen LogP contribution in [-0.2, 0) is 6.42 Å². The van der Waals surface area contributed by atoms with Crippen LogP contribution in [0.15, 0.2) is 18.3 Å². The first-order valence-corrected chi connectivity index (χ1v) is 6.28. The van der Waals surface area contributed by atoms with Gasteiger partial charge in [0.2, 0.25) is 0 Å². The molecule has 5 nitrogen and oxygen atoms in total. The van der Waals surface area contributed by atoms with E-state index in [1.807, 2.05) is 19.9 Å². The van der Waals surface area contributed by atoms with Crippen LogP contribution in [0.4, 0.5) is 11.4 Å². The average molecular weight is 256 g/mol. The Labute approximate surface area is 111 Å². The van der Waals surface area contributed by atoms with Crippen molar-refractivity contribution in [3.63, 3.8) is 0 Å². The summed E-state index contributed by atoms with van der Waals surface area (Å²) in [5, 5.41) is 6.70. The van der Waals surface area contributed by atoms with E-state index in [4.69, 9.17) is 5.73 Å². The van der Waals surface area contributed by atoms with E-state index in [0.717, 1.165) is 29.1 Å². The molecule has 0 bridgehead atoms. The molecule has 0 atom stereocenters. The van der Waals surface area contributed by atoms with Gasteiger partial charge in [0.25, 0.3) is 5.91 Å². The first kappa shape index (κ1) is 11.8. The number of nitrogens with zero attached hydrogens (tertiary/aromatic N) is 2. The number of H-pyrrole nitrogens is 1. The van der Waals surface area contributed by atoms with Crippen LogP contribution >= 0.6 is 0 Å². The van der Waals surface area contributed by atoms with E-state index in [2.05, 4.69) is 16.3 Å². The highest BCUT2D eigenvalue weighted by Gasteiger charge is 2.27. The fourth-order valence-corrected chi connectivity index (χ4v) is 2.50. The SMILES string of the molecule is Cc1cc2c(cc1N)N(C(=O)c1cn[nH]c1C)CC2. The van der Waals surface area contributed by atoms with Crippen molar-refractivity contribution in [2.75, 3.05) is 17.2 Å². The van der Waals surface area contributed by atoms with Crippen LogP contribution in [0.3, 0.4) is 0 Å². The number of aromatic amines is 1. The Morgan fingerprint density at radius 2 is 2.21 bits per heavy atom. The molecule has 1 aromatic heterocycles. The van der Waals surface area contributed by atoms with Crippen molar-refractivity contribution in [3.05, 3.63) is 40.7 Å². The van der Waals surface area contributed by atoms with Gasteiger partial charge in [-0.3, -0.25) is 9.89 Å². The second kappa shape index (κ2) is 4.12. The zero-order chi connectivity index (χ0) is 13.6. The summed E-state index contributed by atoms with van der Waals surface area (Å²) in [6, 6.07) is 3.96. The zero-order valence-electron chi connectivity index (χ0n) is 11.0. The van der Waals surface area contributed by atoms with Gasteiger partial charge in [-0.25, -0.2) is 0 Å². The quantitative estimate of drug-likeness (QED) is 0.764. The summed E-state index contributed by atoms with van der Waals surface area (Å²) in [5.41, 5.74) is 11.2. The molecular formula is C14H16N4O. The number of benzene rings is 1. The van der Waals surface area contributed by atoms with E-state index < -0.39 is 0 Å². The molecular weight excluding hydrogens is 240 g/mol. The van der Waals surface area contributed by atoms with Crippen LogP contribution < -0.4 is 10.6 Å². The molecule has 1 amide bonds. The number of nitrogen functional groups attached to an aromatic ring is 1. The van der Waals surface area contributed by atoms with Gasteiger partial charge in [0.05, 0.1) is 11.8 Å². The standard InChI is InChI=1S/C14H16N4O/c1-8-5-10-3-4-18(13(10)6-12(8)15)14(19)11-7-16-17-9(11)2/h5-7H,3-4,15H2,1-2H3,(H,16,17). The number of anilines is 2. The Hall–Kier alpha value is -2.30. The number of nitrogens with two attached hydrogens (primary N) is 1. The Bertz CT molecular complexity index is 659. The molecule has 0 unspecified atom stereocenters. The number of hydrogen-bond acceptors (Lipinski definition) is 3. The summed E-state index contributed by atoms with van der Waals surface area (Å²) >= 11 is 0. The number of fused-ring (bicyclic) bond motifs is 1. The summed E-state index contributed by atoms with van der Waals surface area (Å²) in [6.07, 6.45) is 2.45. The highest BCUT2D eigenvalue weighted by molar-refractivity contribution is 6.08. The number of carbonyl (C=O) groups excluding carboxylic acids is 1. The number of rotatable bonds is 1. The maximum absolute atomic E-state index is 12.5. The van der Waals surface area contributed by atoms with E-state index in [1.165, 1.54) is 5.56 Å². The predicted octanol–water partition coefficient (Wildman–Crippen LogP) is 1.81. The van der Waals surface area contributed by atoms with E-state index in [0.29, 0.717) is 12.1 Å². The first-order chi connectivity index (χ1) is 9.08. The topological polar surface area (TPSA) is 75.0 Å². The molecule has 19 heavy (non-hydrogen) atoms. The molecule has 98 valence electrons. The summed E-state index contributed by atoms with van der Waals surface area (Å²) in [7, 11) is 0. The molecule has 0 spiro atoms. The molecule has 0 fully saturated rings. The Morgan fingerprint density at radius 1 is 1.42 bits per heavy atom. The molecule has 3 N–H and O–H groups in total. The number of aromatic nitrogens is 2. The van der Waals surface area contributed by atoms with Crippen molar-refractivity contribution in [3.8, 4) is 0 Å². The lowest BCUT2D eigenvalue weighted by atomic mass is 10.1. The average Bonchev–Trinajstić information content (AvgIpc) is 2.96. The van der Waals surface area contributed by atoms with Gasteiger partial charge in [-0.2, -0.15) is 5.10 Å². The first-order valence-electron chi connectivity index (χ1n) is 6.28. The monoisotopic (exact) mass is 256 g/mol. The molecule has 0 radical (unpaired) electrons. The Kier molecular flexibility index (Phi) is 2.55. The molecule has 0 aliphatic carbocycles. The molecule has 1 aliphatic rings. The highest BCUT2D eigenvalue weighted by atomic mass is 16.2. The van der Waals surface area contributed by atoms with Gasteiger partial charge in [0.1, 0.15) is 0 Å². The molecule has 2 heterocycles. The fourth-order valence-electron chi connectivity index (χ4n) is 2.50. The summed E-state index contributed by atoms with van der Waals surface area (Å²) in [6.45, 7) is 4.53. The van der Waals surface area contributed by atoms with E-state index in [-0.39, 0.29) is 5.91 Å². The lowest BCUT2D eigenvalue weighted by molar-refractivity contribution is 0.0989. The van der Waals surface area contributed by atoms with Crippen LogP contribution in [0.1, 0.15) is 27.2 Å². The smallest absolute Gasteiger partial charge is 0.261 e. The minimum absolute atomic E-state index is 0.0201. The molecule has 0 saturated carbocycles. The highest BCUT2D eigenvalue weighted by Crippen LogP contribution is 2.33. The van der Waals surface area contributed by atoms with Crippen molar-refractivity contribution >= 4 is 17.3 Å². The third-order valence-corrected chi connectivity index (χ3v) is 3.67. The van der Waals surface area contributed by atoms with Gasteiger partial charge in [-0.1, -0.05) is 6.07 Å². The second-order valence-electron chi connectivity index (χ2n) is 4.95. The van der Waals surface area contributed by atoms with E-state index in [1.54, 1.807) is 11.1 Å². The van der Waals surface area contributed by atoms with Crippen LogP contribution in [0.25, 0.3) is 0 Å². The van der Waals surface area contributed by atoms with E-state index >= 15 is 0 Å². The number of aryl methyl sites for hydroxylation is 2. The van der Waals surface area contributed by atoms with Gasteiger partial charge < -0.3 is 10.6 Å². The molecule has 5 heteroatoms. The van der Waals surface area contributed by atoms with Crippen LogP contribution in [0.5, 0.6) is 0 Å². The molecule has 1 aromatic carbocycles. The molecule has 1 aliphatic heterocycles. The minimum atomic E-state index is -0.0201. The van der Waals surface area contributed by atoms with Crippen LogP contribution in [0.2, 0.25) is 0 Å². The zero-order valence-corrected chi connectivity index (χ0v) is 11.0. The maximum atomic E-state index is 12.5. The third-order valence-electron chi connectivity index (χ3n) is 3.67. The number of hydrogen-bond donors (Lipinski definition) is 2. The van der Waals surface area contributed by atoms with Gasteiger partial charge in [-0.15, -0.1) is 0 Å². The minimum Gasteiger partial charge on any atom is -0.398 e. The summed E-state index contributed by atoms with van der Waals surface area (Å²) in [5.74, 6) is -0.0201. The van der Waals surface area contributed by atoms with Gasteiger partial charge in [0.15, 0.2) is 0 Å². The molecule has 2 aromatic rings. The number of carbonyl (C=O) groups is 1.